The van der Waals surface area contributed by atoms with Crippen molar-refractivity contribution < 1.29 is 36.9 Å². The lowest BCUT2D eigenvalue weighted by Gasteiger charge is -2.31. The van der Waals surface area contributed by atoms with Gasteiger partial charge >= 0.3 is 12.3 Å². The molecule has 1 aliphatic rings. The number of benzene rings is 2. The molecule has 0 bridgehead atoms. The Morgan fingerprint density at radius 1 is 0.756 bits per heavy atom. The van der Waals surface area contributed by atoms with Gasteiger partial charge in [-0.2, -0.15) is 13.2 Å². The van der Waals surface area contributed by atoms with Crippen LogP contribution < -0.4 is 18.9 Å². The van der Waals surface area contributed by atoms with Crippen LogP contribution in [0.25, 0.3) is 0 Å². The van der Waals surface area contributed by atoms with Gasteiger partial charge in [0.1, 0.15) is 29.1 Å². The molecule has 1 saturated heterocycles. The van der Waals surface area contributed by atoms with Crippen molar-refractivity contribution in [2.75, 3.05) is 13.1 Å². The van der Waals surface area contributed by atoms with Crippen molar-refractivity contribution >= 4 is 6.09 Å². The summed E-state index contributed by atoms with van der Waals surface area (Å²) in [6.07, 6.45) is -1.25. The molecule has 11 heteroatoms. The molecule has 1 fully saturated rings. The minimum absolute atomic E-state index is 0.0108. The van der Waals surface area contributed by atoms with Crippen molar-refractivity contribution in [2.24, 2.45) is 0 Å². The van der Waals surface area contributed by atoms with E-state index in [1.807, 2.05) is 43.3 Å². The van der Waals surface area contributed by atoms with Gasteiger partial charge in [0.25, 0.3) is 0 Å². The minimum Gasteiger partial charge on any atom is -0.490 e. The number of piperidine rings is 1. The number of amides is 1. The number of hydrogen-bond acceptors (Lipinski definition) is 7. The maximum absolute atomic E-state index is 12.7. The van der Waals surface area contributed by atoms with E-state index >= 15 is 0 Å². The molecular weight excluding hydrogens is 539 g/mol. The van der Waals surface area contributed by atoms with Crippen LogP contribution in [0.15, 0.2) is 85.2 Å². The number of carbonyl (C=O) groups excluding carboxylic acids is 1. The number of alkyl halides is 3. The maximum Gasteiger partial charge on any atom is 0.417 e. The quantitative estimate of drug-likeness (QED) is 0.230. The number of likely N-dealkylation sites (tertiary alicyclic amines) is 1. The van der Waals surface area contributed by atoms with Crippen LogP contribution in [0.3, 0.4) is 0 Å². The van der Waals surface area contributed by atoms with Crippen molar-refractivity contribution in [3.05, 3.63) is 96.3 Å². The molecule has 5 rings (SSSR count). The summed E-state index contributed by atoms with van der Waals surface area (Å²) < 4.78 is 60.8. The highest BCUT2D eigenvalue weighted by atomic mass is 19.4. The normalized spacial score (nSPS) is 13.9. The van der Waals surface area contributed by atoms with Crippen LogP contribution in [0.2, 0.25) is 0 Å². The van der Waals surface area contributed by atoms with Gasteiger partial charge in [0.2, 0.25) is 11.8 Å². The third-order valence-corrected chi connectivity index (χ3v) is 6.25. The summed E-state index contributed by atoms with van der Waals surface area (Å²) in [6, 6.07) is 19.2. The van der Waals surface area contributed by atoms with Crippen LogP contribution in [0.1, 0.15) is 24.0 Å². The molecule has 2 aromatic heterocycles. The largest absolute Gasteiger partial charge is 0.490 e. The molecular formula is C30H26F3N3O5. The zero-order valence-electron chi connectivity index (χ0n) is 22.0. The topological polar surface area (TPSA) is 83.0 Å². The molecule has 2 aromatic carbocycles. The Bertz CT molecular complexity index is 1440. The van der Waals surface area contributed by atoms with Crippen molar-refractivity contribution in [2.45, 2.75) is 32.0 Å². The van der Waals surface area contributed by atoms with E-state index in [4.69, 9.17) is 18.9 Å². The lowest BCUT2D eigenvalue weighted by atomic mass is 10.1. The fourth-order valence-electron chi connectivity index (χ4n) is 4.04. The highest BCUT2D eigenvalue weighted by Gasteiger charge is 2.30. The van der Waals surface area contributed by atoms with Crippen LogP contribution >= 0.6 is 0 Å². The maximum atomic E-state index is 12.7. The Morgan fingerprint density at radius 3 is 1.80 bits per heavy atom. The van der Waals surface area contributed by atoms with Gasteiger partial charge in [-0.25, -0.2) is 14.8 Å². The summed E-state index contributed by atoms with van der Waals surface area (Å²) >= 11 is 0. The molecule has 212 valence electrons. The number of carbonyl (C=O) groups is 1. The van der Waals surface area contributed by atoms with E-state index in [0.29, 0.717) is 61.0 Å². The SMILES string of the molecule is Cc1ccc(Oc2ccc(OC3CCN(C(=O)Oc4ccc(Oc5ccc(C(F)(F)F)cn5)cc4)CC3)cc2)nc1. The second-order valence-electron chi connectivity index (χ2n) is 9.38. The fraction of sp³-hybridized carbons (Fsp3) is 0.233. The van der Waals surface area contributed by atoms with E-state index in [2.05, 4.69) is 9.97 Å². The number of halogens is 3. The molecule has 0 saturated carbocycles. The van der Waals surface area contributed by atoms with Crippen LogP contribution in [-0.2, 0) is 6.18 Å². The zero-order valence-corrected chi connectivity index (χ0v) is 22.0. The van der Waals surface area contributed by atoms with Crippen LogP contribution in [-0.4, -0.2) is 40.2 Å². The Labute approximate surface area is 234 Å². The lowest BCUT2D eigenvalue weighted by molar-refractivity contribution is -0.137. The third-order valence-electron chi connectivity index (χ3n) is 6.25. The first-order chi connectivity index (χ1) is 19.7. The van der Waals surface area contributed by atoms with Gasteiger partial charge in [-0.3, -0.25) is 0 Å². The monoisotopic (exact) mass is 565 g/mol. The summed E-state index contributed by atoms with van der Waals surface area (Å²) in [5.74, 6) is 2.54. The summed E-state index contributed by atoms with van der Waals surface area (Å²) in [5.41, 5.74) is 0.193. The van der Waals surface area contributed by atoms with Gasteiger partial charge in [-0.05, 0) is 67.1 Å². The molecule has 0 unspecified atom stereocenters. The highest BCUT2D eigenvalue weighted by molar-refractivity contribution is 5.70. The number of ether oxygens (including phenoxy) is 4. The van der Waals surface area contributed by atoms with Gasteiger partial charge in [-0.15, -0.1) is 0 Å². The Kier molecular flexibility index (Phi) is 8.23. The van der Waals surface area contributed by atoms with Crippen LogP contribution in [0.4, 0.5) is 18.0 Å². The smallest absolute Gasteiger partial charge is 0.417 e. The second-order valence-corrected chi connectivity index (χ2v) is 9.38. The summed E-state index contributed by atoms with van der Waals surface area (Å²) in [5, 5.41) is 0. The molecule has 4 aromatic rings. The molecule has 1 amide bonds. The average Bonchev–Trinajstić information content (AvgIpc) is 2.96. The molecule has 0 aliphatic carbocycles. The van der Waals surface area contributed by atoms with Gasteiger partial charge in [-0.1, -0.05) is 6.07 Å². The number of pyridine rings is 2. The van der Waals surface area contributed by atoms with Crippen molar-refractivity contribution in [3.63, 3.8) is 0 Å². The number of aryl methyl sites for hydroxylation is 1. The standard InChI is InChI=1S/C30H26F3N3O5/c1-20-2-12-27(34-18-20)39-23-6-4-22(5-7-23)38-26-14-16-36(17-15-26)29(37)41-25-10-8-24(9-11-25)40-28-13-3-21(19-35-28)30(31,32)33/h2-13,18-19,26H,14-17H2,1H3. The summed E-state index contributed by atoms with van der Waals surface area (Å²) in [6.45, 7) is 2.91. The lowest BCUT2D eigenvalue weighted by Crippen LogP contribution is -2.43. The van der Waals surface area contributed by atoms with Crippen LogP contribution in [0, 0.1) is 6.92 Å². The van der Waals surface area contributed by atoms with Crippen molar-refractivity contribution in [1.29, 1.82) is 0 Å². The van der Waals surface area contributed by atoms with Crippen molar-refractivity contribution in [3.8, 4) is 34.8 Å². The molecule has 0 radical (unpaired) electrons. The first-order valence-electron chi connectivity index (χ1n) is 12.9. The van der Waals surface area contributed by atoms with Gasteiger partial charge in [0, 0.05) is 50.5 Å². The fourth-order valence-corrected chi connectivity index (χ4v) is 4.04. The number of nitrogens with zero attached hydrogens (tertiary/aromatic N) is 3. The van der Waals surface area contributed by atoms with Crippen molar-refractivity contribution in [1.82, 2.24) is 14.9 Å². The zero-order chi connectivity index (χ0) is 28.8. The number of rotatable bonds is 7. The molecule has 0 N–H and O–H groups in total. The molecule has 0 atom stereocenters. The molecule has 1 aliphatic heterocycles. The van der Waals surface area contributed by atoms with Gasteiger partial charge in [0.05, 0.1) is 5.56 Å². The van der Waals surface area contributed by atoms with E-state index in [1.165, 1.54) is 24.3 Å². The van der Waals surface area contributed by atoms with E-state index in [-0.39, 0.29) is 12.0 Å². The third kappa shape index (κ3) is 7.65. The first kappa shape index (κ1) is 27.8. The van der Waals surface area contributed by atoms with E-state index in [9.17, 15) is 18.0 Å². The number of aromatic nitrogens is 2. The second kappa shape index (κ2) is 12.2. The van der Waals surface area contributed by atoms with Gasteiger partial charge in [0.15, 0.2) is 0 Å². The summed E-state index contributed by atoms with van der Waals surface area (Å²) in [4.78, 5) is 22.2. The predicted molar refractivity (Wildman–Crippen MR) is 142 cm³/mol. The van der Waals surface area contributed by atoms with Gasteiger partial charge < -0.3 is 23.8 Å². The first-order valence-corrected chi connectivity index (χ1v) is 12.9. The van der Waals surface area contributed by atoms with E-state index in [1.54, 1.807) is 11.1 Å². The number of hydrogen-bond donors (Lipinski definition) is 0. The molecule has 41 heavy (non-hydrogen) atoms. The predicted octanol–water partition coefficient (Wildman–Crippen LogP) is 7.43. The molecule has 3 heterocycles. The van der Waals surface area contributed by atoms with E-state index in [0.717, 1.165) is 17.7 Å². The minimum atomic E-state index is -4.47. The Morgan fingerprint density at radius 2 is 1.29 bits per heavy atom. The molecule has 8 nitrogen and oxygen atoms in total. The summed E-state index contributed by atoms with van der Waals surface area (Å²) in [7, 11) is 0. The molecule has 0 spiro atoms. The average molecular weight is 566 g/mol. The van der Waals surface area contributed by atoms with E-state index < -0.39 is 17.8 Å². The Hall–Kier alpha value is -4.80. The van der Waals surface area contributed by atoms with Crippen LogP contribution in [0.5, 0.6) is 34.8 Å². The Balaban J connectivity index is 1.05. The highest BCUT2D eigenvalue weighted by Crippen LogP contribution is 2.30.